The number of allylic oxidation sites excluding steroid dienone is 7. The van der Waals surface area contributed by atoms with Crippen molar-refractivity contribution in [2.24, 2.45) is 0 Å². The Morgan fingerprint density at radius 1 is 0.586 bits per heavy atom. The molecule has 9 nitrogen and oxygen atoms in total. The first kappa shape index (κ1) is 54.2. The van der Waals surface area contributed by atoms with Crippen LogP contribution in [0.5, 0.6) is 0 Å². The van der Waals surface area contributed by atoms with Crippen LogP contribution < -0.4 is 5.32 Å². The van der Waals surface area contributed by atoms with E-state index in [9.17, 15) is 30.3 Å². The van der Waals surface area contributed by atoms with Gasteiger partial charge in [-0.3, -0.25) is 4.79 Å². The van der Waals surface area contributed by atoms with Gasteiger partial charge in [-0.2, -0.15) is 0 Å². The van der Waals surface area contributed by atoms with E-state index in [4.69, 9.17) is 9.47 Å². The van der Waals surface area contributed by atoms with Gasteiger partial charge in [-0.05, 0) is 64.2 Å². The second-order valence-electron chi connectivity index (χ2n) is 16.5. The molecule has 1 aliphatic rings. The lowest BCUT2D eigenvalue weighted by atomic mass is 9.99. The number of ether oxygens (including phenoxy) is 2. The van der Waals surface area contributed by atoms with Crippen LogP contribution in [-0.4, -0.2) is 87.5 Å². The lowest BCUT2D eigenvalue weighted by molar-refractivity contribution is -0.302. The molecule has 0 aromatic heterocycles. The molecule has 0 saturated carbocycles. The van der Waals surface area contributed by atoms with E-state index in [1.54, 1.807) is 6.08 Å². The van der Waals surface area contributed by atoms with Crippen LogP contribution in [0, 0.1) is 0 Å². The van der Waals surface area contributed by atoms with Gasteiger partial charge in [-0.1, -0.05) is 178 Å². The zero-order valence-electron chi connectivity index (χ0n) is 37.0. The molecular weight excluding hydrogens is 731 g/mol. The van der Waals surface area contributed by atoms with Gasteiger partial charge in [-0.15, -0.1) is 0 Å². The molecule has 1 saturated heterocycles. The third-order valence-corrected chi connectivity index (χ3v) is 11.1. The highest BCUT2D eigenvalue weighted by molar-refractivity contribution is 5.76. The van der Waals surface area contributed by atoms with Crippen LogP contribution in [0.4, 0.5) is 0 Å². The van der Waals surface area contributed by atoms with Crippen LogP contribution >= 0.6 is 0 Å². The molecule has 1 amide bonds. The number of carbonyl (C=O) groups is 1. The fraction of sp³-hybridized carbons (Fsp3) is 0.816. The zero-order chi connectivity index (χ0) is 42.3. The van der Waals surface area contributed by atoms with Crippen molar-refractivity contribution in [3.05, 3.63) is 48.6 Å². The first-order valence-electron chi connectivity index (χ1n) is 23.9. The van der Waals surface area contributed by atoms with Gasteiger partial charge in [0.2, 0.25) is 5.91 Å². The number of carbonyl (C=O) groups excluding carboxylic acids is 1. The van der Waals surface area contributed by atoms with Crippen molar-refractivity contribution in [3.63, 3.8) is 0 Å². The second-order valence-corrected chi connectivity index (χ2v) is 16.5. The third-order valence-electron chi connectivity index (χ3n) is 11.1. The van der Waals surface area contributed by atoms with Gasteiger partial charge in [0.1, 0.15) is 24.4 Å². The first-order valence-corrected chi connectivity index (χ1v) is 23.9. The summed E-state index contributed by atoms with van der Waals surface area (Å²) in [4.78, 5) is 13.0. The monoisotopic (exact) mass is 820 g/mol. The Hall–Kier alpha value is -1.85. The molecule has 1 rings (SSSR count). The largest absolute Gasteiger partial charge is 0.394 e. The van der Waals surface area contributed by atoms with E-state index < -0.39 is 49.5 Å². The lowest BCUT2D eigenvalue weighted by Crippen LogP contribution is -2.60. The molecule has 0 aromatic carbocycles. The first-order chi connectivity index (χ1) is 28.3. The Balaban J connectivity index is 2.31. The minimum Gasteiger partial charge on any atom is -0.394 e. The van der Waals surface area contributed by atoms with E-state index in [1.165, 1.54) is 122 Å². The fourth-order valence-electron chi connectivity index (χ4n) is 7.26. The molecule has 58 heavy (non-hydrogen) atoms. The summed E-state index contributed by atoms with van der Waals surface area (Å²) in [7, 11) is 0. The summed E-state index contributed by atoms with van der Waals surface area (Å²) in [5, 5.41) is 54.1. The Morgan fingerprint density at radius 2 is 1.03 bits per heavy atom. The molecule has 0 spiro atoms. The number of aliphatic hydroxyl groups is 5. The van der Waals surface area contributed by atoms with Gasteiger partial charge in [0.15, 0.2) is 6.29 Å². The molecule has 0 aromatic rings. The summed E-state index contributed by atoms with van der Waals surface area (Å²) in [5.74, 6) is -0.197. The van der Waals surface area contributed by atoms with Gasteiger partial charge in [0.05, 0.1) is 25.4 Å². The summed E-state index contributed by atoms with van der Waals surface area (Å²) in [6, 6.07) is -0.825. The summed E-state index contributed by atoms with van der Waals surface area (Å²) in [6.45, 7) is 3.73. The third kappa shape index (κ3) is 29.4. The van der Waals surface area contributed by atoms with Crippen molar-refractivity contribution < 1.29 is 39.8 Å². The molecule has 0 bridgehead atoms. The minimum absolute atomic E-state index is 0.197. The van der Waals surface area contributed by atoms with Crippen molar-refractivity contribution in [2.45, 2.75) is 243 Å². The molecule has 7 unspecified atom stereocenters. The SMILES string of the molecule is CCCCCCCC/C=C/CC/C=C/C(O)C(COC1OC(CO)C(O)C(O)C1O)NC(=O)CCCCCCCCC/C=C\C/C=C\CCCCCCCCCCC. The molecule has 6 N–H and O–H groups in total. The van der Waals surface area contributed by atoms with Crippen molar-refractivity contribution >= 4 is 5.91 Å². The van der Waals surface area contributed by atoms with Gasteiger partial charge >= 0.3 is 0 Å². The summed E-state index contributed by atoms with van der Waals surface area (Å²) >= 11 is 0. The maximum atomic E-state index is 13.0. The van der Waals surface area contributed by atoms with Crippen molar-refractivity contribution in [1.82, 2.24) is 5.32 Å². The molecule has 338 valence electrons. The Bertz CT molecular complexity index is 1050. The van der Waals surface area contributed by atoms with Gasteiger partial charge < -0.3 is 40.3 Å². The minimum atomic E-state index is -1.57. The summed E-state index contributed by atoms with van der Waals surface area (Å²) < 4.78 is 11.2. The predicted octanol–water partition coefficient (Wildman–Crippen LogP) is 10.2. The molecule has 9 heteroatoms. The Morgan fingerprint density at radius 3 is 1.55 bits per heavy atom. The molecule has 1 heterocycles. The number of unbranched alkanes of at least 4 members (excludes halogenated alkanes) is 23. The maximum Gasteiger partial charge on any atom is 0.220 e. The normalized spacial score (nSPS) is 21.3. The van der Waals surface area contributed by atoms with Crippen LogP contribution in [-0.2, 0) is 14.3 Å². The number of nitrogens with one attached hydrogen (secondary N) is 1. The van der Waals surface area contributed by atoms with Gasteiger partial charge in [0.25, 0.3) is 0 Å². The van der Waals surface area contributed by atoms with E-state index in [2.05, 4.69) is 55.6 Å². The van der Waals surface area contributed by atoms with E-state index in [0.717, 1.165) is 57.8 Å². The van der Waals surface area contributed by atoms with Gasteiger partial charge in [-0.25, -0.2) is 0 Å². The molecule has 0 aliphatic carbocycles. The topological polar surface area (TPSA) is 149 Å². The number of rotatable bonds is 39. The predicted molar refractivity (Wildman–Crippen MR) is 239 cm³/mol. The number of amides is 1. The quantitative estimate of drug-likeness (QED) is 0.0265. The van der Waals surface area contributed by atoms with E-state index in [0.29, 0.717) is 6.42 Å². The van der Waals surface area contributed by atoms with Crippen LogP contribution in [0.25, 0.3) is 0 Å². The number of hydrogen-bond acceptors (Lipinski definition) is 8. The van der Waals surface area contributed by atoms with Crippen LogP contribution in [0.3, 0.4) is 0 Å². The molecule has 1 aliphatic heterocycles. The highest BCUT2D eigenvalue weighted by Crippen LogP contribution is 2.22. The average Bonchev–Trinajstić information content (AvgIpc) is 3.22. The van der Waals surface area contributed by atoms with Crippen molar-refractivity contribution in [2.75, 3.05) is 13.2 Å². The number of hydrogen-bond donors (Lipinski definition) is 6. The van der Waals surface area contributed by atoms with E-state index >= 15 is 0 Å². The summed E-state index contributed by atoms with van der Waals surface area (Å²) in [5.41, 5.74) is 0. The zero-order valence-corrected chi connectivity index (χ0v) is 37.0. The molecule has 7 atom stereocenters. The standard InChI is InChI=1S/C49H89NO8/c1-3-5-7-9-11-13-15-17-18-19-20-21-22-23-24-25-26-27-29-31-33-35-37-39-45(53)50-42(41-57-49-48(56)47(55)46(54)44(40-51)58-49)43(52)38-36-34-32-30-28-16-14-12-10-8-6-4-2/h20-21,23-24,28,30,36,38,42-44,46-49,51-52,54-56H,3-19,22,25-27,29,31-35,37,39-41H2,1-2H3,(H,50,53)/b21-20-,24-23-,30-28+,38-36+. The van der Waals surface area contributed by atoms with Crippen molar-refractivity contribution in [3.8, 4) is 0 Å². The lowest BCUT2D eigenvalue weighted by Gasteiger charge is -2.40. The molecular formula is C49H89NO8. The Kier molecular flexibility index (Phi) is 36.7. The molecule has 1 fully saturated rings. The van der Waals surface area contributed by atoms with Crippen LogP contribution in [0.15, 0.2) is 48.6 Å². The maximum absolute atomic E-state index is 13.0. The van der Waals surface area contributed by atoms with Crippen LogP contribution in [0.2, 0.25) is 0 Å². The van der Waals surface area contributed by atoms with E-state index in [-0.39, 0.29) is 12.5 Å². The fourth-order valence-corrected chi connectivity index (χ4v) is 7.26. The smallest absolute Gasteiger partial charge is 0.220 e. The van der Waals surface area contributed by atoms with E-state index in [1.807, 2.05) is 6.08 Å². The Labute approximate surface area is 354 Å². The number of aliphatic hydroxyl groups excluding tert-OH is 5. The van der Waals surface area contributed by atoms with Gasteiger partial charge in [0, 0.05) is 6.42 Å². The molecule has 0 radical (unpaired) electrons. The highest BCUT2D eigenvalue weighted by atomic mass is 16.7. The second kappa shape index (κ2) is 39.3. The van der Waals surface area contributed by atoms with Crippen molar-refractivity contribution in [1.29, 1.82) is 0 Å². The average molecular weight is 820 g/mol. The van der Waals surface area contributed by atoms with Crippen LogP contribution in [0.1, 0.15) is 200 Å². The highest BCUT2D eigenvalue weighted by Gasteiger charge is 2.44. The summed E-state index contributed by atoms with van der Waals surface area (Å²) in [6.07, 6.45) is 43.1.